The zero-order valence-electron chi connectivity index (χ0n) is 13.6. The number of methoxy groups -OCH3 is 1. The molecule has 0 unspecified atom stereocenters. The number of carbonyl (C=O) groups excluding carboxylic acids is 1. The Morgan fingerprint density at radius 1 is 1.13 bits per heavy atom. The van der Waals surface area contributed by atoms with Crippen molar-refractivity contribution in [1.82, 2.24) is 0 Å². The van der Waals surface area contributed by atoms with Gasteiger partial charge in [-0.15, -0.1) is 6.58 Å². The van der Waals surface area contributed by atoms with Crippen LogP contribution in [0.15, 0.2) is 67.3 Å². The average Bonchev–Trinajstić information content (AvgIpc) is 2.60. The minimum atomic E-state index is -0.728. The number of esters is 1. The fourth-order valence-corrected chi connectivity index (χ4v) is 2.49. The van der Waals surface area contributed by atoms with Crippen molar-refractivity contribution in [3.8, 4) is 5.75 Å². The molecule has 120 valence electrons. The Morgan fingerprint density at radius 3 is 2.35 bits per heavy atom. The van der Waals surface area contributed by atoms with Crippen molar-refractivity contribution < 1.29 is 14.3 Å². The number of hydrogen-bond donors (Lipinski definition) is 0. The smallest absolute Gasteiger partial charge is 0.316 e. The minimum absolute atomic E-state index is 0.268. The zero-order chi connectivity index (χ0) is 16.7. The predicted molar refractivity (Wildman–Crippen MR) is 91.4 cm³/mol. The van der Waals surface area contributed by atoms with Crippen LogP contribution in [0.3, 0.4) is 0 Å². The molecule has 0 N–H and O–H groups in total. The normalized spacial score (nSPS) is 13.0. The molecule has 2 rings (SSSR count). The van der Waals surface area contributed by atoms with E-state index >= 15 is 0 Å². The second-order valence-corrected chi connectivity index (χ2v) is 5.62. The fourth-order valence-electron chi connectivity index (χ4n) is 2.49. The van der Waals surface area contributed by atoms with E-state index in [1.165, 1.54) is 7.11 Å². The lowest BCUT2D eigenvalue weighted by molar-refractivity contribution is -0.146. The van der Waals surface area contributed by atoms with E-state index in [0.29, 0.717) is 13.0 Å². The number of rotatable bonds is 7. The molecular weight excluding hydrogens is 288 g/mol. The lowest BCUT2D eigenvalue weighted by atomic mass is 9.79. The number of benzene rings is 2. The lowest BCUT2D eigenvalue weighted by Crippen LogP contribution is -2.33. The summed E-state index contributed by atoms with van der Waals surface area (Å²) >= 11 is 0. The monoisotopic (exact) mass is 310 g/mol. The molecule has 2 aromatic carbocycles. The van der Waals surface area contributed by atoms with Gasteiger partial charge in [0.05, 0.1) is 12.5 Å². The molecule has 0 saturated heterocycles. The van der Waals surface area contributed by atoms with Crippen LogP contribution in [0, 0.1) is 0 Å². The van der Waals surface area contributed by atoms with Crippen LogP contribution in [0.5, 0.6) is 5.75 Å². The molecule has 1 atom stereocenters. The Labute approximate surface area is 137 Å². The molecule has 2 aromatic rings. The van der Waals surface area contributed by atoms with Gasteiger partial charge in [-0.25, -0.2) is 0 Å². The van der Waals surface area contributed by atoms with E-state index in [4.69, 9.17) is 9.47 Å². The third kappa shape index (κ3) is 4.01. The first-order valence-corrected chi connectivity index (χ1v) is 7.56. The van der Waals surface area contributed by atoms with E-state index in [2.05, 4.69) is 6.58 Å². The molecule has 0 aliphatic carbocycles. The Morgan fingerprint density at radius 2 is 1.78 bits per heavy atom. The van der Waals surface area contributed by atoms with Crippen molar-refractivity contribution in [2.75, 3.05) is 7.11 Å². The molecule has 0 aliphatic heterocycles. The van der Waals surface area contributed by atoms with Gasteiger partial charge < -0.3 is 9.47 Å². The van der Waals surface area contributed by atoms with Crippen LogP contribution in [0.4, 0.5) is 0 Å². The molecule has 0 heterocycles. The Kier molecular flexibility index (Phi) is 5.58. The van der Waals surface area contributed by atoms with Gasteiger partial charge in [-0.3, -0.25) is 4.79 Å². The van der Waals surface area contributed by atoms with E-state index < -0.39 is 5.41 Å². The third-order valence-electron chi connectivity index (χ3n) is 3.93. The molecule has 0 fully saturated rings. The van der Waals surface area contributed by atoms with Gasteiger partial charge in [0, 0.05) is 0 Å². The molecule has 0 spiro atoms. The van der Waals surface area contributed by atoms with Crippen molar-refractivity contribution in [3.05, 3.63) is 78.4 Å². The van der Waals surface area contributed by atoms with E-state index in [1.54, 1.807) is 6.08 Å². The molecule has 0 radical (unpaired) electrons. The standard InChI is InChI=1S/C20H22O3/c1-4-14-20(2,19(21)22-3)17-10-12-18(13-11-17)23-15-16-8-6-5-7-9-16/h4-13H,1,14-15H2,2-3H3/t20-/m0/s1. The summed E-state index contributed by atoms with van der Waals surface area (Å²) < 4.78 is 10.7. The van der Waals surface area contributed by atoms with E-state index in [1.807, 2.05) is 61.5 Å². The summed E-state index contributed by atoms with van der Waals surface area (Å²) in [5, 5.41) is 0. The second kappa shape index (κ2) is 7.63. The molecule has 0 saturated carbocycles. The topological polar surface area (TPSA) is 35.5 Å². The number of ether oxygens (including phenoxy) is 2. The quantitative estimate of drug-likeness (QED) is 0.566. The molecule has 3 nitrogen and oxygen atoms in total. The van der Waals surface area contributed by atoms with Gasteiger partial charge in [-0.05, 0) is 36.6 Å². The largest absolute Gasteiger partial charge is 0.489 e. The van der Waals surface area contributed by atoms with Crippen molar-refractivity contribution in [3.63, 3.8) is 0 Å². The van der Waals surface area contributed by atoms with Gasteiger partial charge in [0.1, 0.15) is 12.4 Å². The molecular formula is C20H22O3. The highest BCUT2D eigenvalue weighted by molar-refractivity contribution is 5.82. The summed E-state index contributed by atoms with van der Waals surface area (Å²) in [6, 6.07) is 17.6. The van der Waals surface area contributed by atoms with Gasteiger partial charge in [0.25, 0.3) is 0 Å². The van der Waals surface area contributed by atoms with Gasteiger partial charge in [-0.2, -0.15) is 0 Å². The fraction of sp³-hybridized carbons (Fsp3) is 0.250. The van der Waals surface area contributed by atoms with E-state index in [-0.39, 0.29) is 5.97 Å². The highest BCUT2D eigenvalue weighted by atomic mass is 16.5. The van der Waals surface area contributed by atoms with Crippen LogP contribution >= 0.6 is 0 Å². The molecule has 0 aliphatic rings. The number of carbonyl (C=O) groups is 1. The van der Waals surface area contributed by atoms with Crippen molar-refractivity contribution >= 4 is 5.97 Å². The lowest BCUT2D eigenvalue weighted by Gasteiger charge is -2.26. The van der Waals surface area contributed by atoms with Gasteiger partial charge in [-0.1, -0.05) is 48.5 Å². The summed E-state index contributed by atoms with van der Waals surface area (Å²) in [7, 11) is 1.40. The highest BCUT2D eigenvalue weighted by Gasteiger charge is 2.35. The van der Waals surface area contributed by atoms with Crippen LogP contribution in [-0.4, -0.2) is 13.1 Å². The average molecular weight is 310 g/mol. The van der Waals surface area contributed by atoms with Gasteiger partial charge in [0.2, 0.25) is 0 Å². The van der Waals surface area contributed by atoms with Gasteiger partial charge >= 0.3 is 5.97 Å². The van der Waals surface area contributed by atoms with Crippen molar-refractivity contribution in [1.29, 1.82) is 0 Å². The molecule has 0 amide bonds. The zero-order valence-corrected chi connectivity index (χ0v) is 13.6. The summed E-state index contributed by atoms with van der Waals surface area (Å²) in [5.74, 6) is 0.499. The summed E-state index contributed by atoms with van der Waals surface area (Å²) in [6.45, 7) is 6.11. The van der Waals surface area contributed by atoms with Crippen LogP contribution < -0.4 is 4.74 Å². The highest BCUT2D eigenvalue weighted by Crippen LogP contribution is 2.31. The summed E-state index contributed by atoms with van der Waals surface area (Å²) in [4.78, 5) is 12.1. The SMILES string of the molecule is C=CC[C@](C)(C(=O)OC)c1ccc(OCc2ccccc2)cc1. The minimum Gasteiger partial charge on any atom is -0.489 e. The molecule has 3 heteroatoms. The number of allylic oxidation sites excluding steroid dienone is 1. The maximum Gasteiger partial charge on any atom is 0.316 e. The van der Waals surface area contributed by atoms with Gasteiger partial charge in [0.15, 0.2) is 0 Å². The maximum atomic E-state index is 12.1. The molecule has 23 heavy (non-hydrogen) atoms. The molecule has 0 aromatic heterocycles. The second-order valence-electron chi connectivity index (χ2n) is 5.62. The Bertz CT molecular complexity index is 646. The van der Waals surface area contributed by atoms with Crippen LogP contribution in [0.2, 0.25) is 0 Å². The first kappa shape index (κ1) is 16.8. The maximum absolute atomic E-state index is 12.1. The summed E-state index contributed by atoms with van der Waals surface area (Å²) in [5.41, 5.74) is 1.27. The van der Waals surface area contributed by atoms with Crippen LogP contribution in [0.1, 0.15) is 24.5 Å². The van der Waals surface area contributed by atoms with E-state index in [0.717, 1.165) is 16.9 Å². The summed E-state index contributed by atoms with van der Waals surface area (Å²) in [6.07, 6.45) is 2.25. The van der Waals surface area contributed by atoms with E-state index in [9.17, 15) is 4.79 Å². The first-order chi connectivity index (χ1) is 11.1. The van der Waals surface area contributed by atoms with Crippen LogP contribution in [-0.2, 0) is 21.6 Å². The van der Waals surface area contributed by atoms with Crippen molar-refractivity contribution in [2.45, 2.75) is 25.4 Å². The van der Waals surface area contributed by atoms with Crippen molar-refractivity contribution in [2.24, 2.45) is 0 Å². The first-order valence-electron chi connectivity index (χ1n) is 7.56. The number of hydrogen-bond acceptors (Lipinski definition) is 3. The van der Waals surface area contributed by atoms with Crippen LogP contribution in [0.25, 0.3) is 0 Å². The predicted octanol–water partition coefficient (Wildman–Crippen LogP) is 4.27. The Balaban J connectivity index is 2.11. The third-order valence-corrected chi connectivity index (χ3v) is 3.93. The molecule has 0 bridgehead atoms. The Hall–Kier alpha value is -2.55.